The van der Waals surface area contributed by atoms with Crippen molar-refractivity contribution in [3.8, 4) is 0 Å². The maximum Gasteiger partial charge on any atom is 0.331 e. The second-order valence-corrected chi connectivity index (χ2v) is 3.55. The standard InChI is InChI=1S/C10H12N2O5/c1-6(13)16-11-8-3-9(5-10(15)4-8)12-17-7(2)14/h3-5H2,1-2H3. The Kier molecular flexibility index (Phi) is 4.50. The van der Waals surface area contributed by atoms with Gasteiger partial charge < -0.3 is 9.68 Å². The summed E-state index contributed by atoms with van der Waals surface area (Å²) in [7, 11) is 0. The largest absolute Gasteiger partial charge is 0.331 e. The van der Waals surface area contributed by atoms with Gasteiger partial charge in [-0.1, -0.05) is 10.3 Å². The number of hydrogen-bond acceptors (Lipinski definition) is 7. The molecule has 0 atom stereocenters. The van der Waals surface area contributed by atoms with Crippen molar-refractivity contribution in [1.82, 2.24) is 0 Å². The molecule has 0 aromatic rings. The number of oxime groups is 2. The minimum Gasteiger partial charge on any atom is -0.319 e. The first-order valence-electron chi connectivity index (χ1n) is 4.95. The number of nitrogens with zero attached hydrogens (tertiary/aromatic N) is 2. The maximum atomic E-state index is 11.3. The first-order chi connectivity index (χ1) is 7.97. The fourth-order valence-electron chi connectivity index (χ4n) is 1.26. The minimum absolute atomic E-state index is 0.117. The monoisotopic (exact) mass is 240 g/mol. The third-order valence-corrected chi connectivity index (χ3v) is 1.82. The lowest BCUT2D eigenvalue weighted by Gasteiger charge is -2.12. The Balaban J connectivity index is 2.68. The molecule has 0 bridgehead atoms. The van der Waals surface area contributed by atoms with Crippen LogP contribution in [0, 0.1) is 0 Å². The Labute approximate surface area is 97.4 Å². The summed E-state index contributed by atoms with van der Waals surface area (Å²) in [6, 6.07) is 0. The van der Waals surface area contributed by atoms with Crippen LogP contribution in [-0.2, 0) is 24.1 Å². The molecule has 7 heteroatoms. The van der Waals surface area contributed by atoms with E-state index in [1.165, 1.54) is 13.8 Å². The van der Waals surface area contributed by atoms with E-state index < -0.39 is 11.9 Å². The molecule has 1 rings (SSSR count). The smallest absolute Gasteiger partial charge is 0.319 e. The predicted molar refractivity (Wildman–Crippen MR) is 57.3 cm³/mol. The van der Waals surface area contributed by atoms with Gasteiger partial charge in [0.15, 0.2) is 0 Å². The average molecular weight is 240 g/mol. The Bertz CT molecular complexity index is 375. The highest BCUT2D eigenvalue weighted by atomic mass is 16.7. The molecule has 0 aromatic heterocycles. The molecule has 0 amide bonds. The molecule has 0 heterocycles. The highest BCUT2D eigenvalue weighted by Gasteiger charge is 2.21. The zero-order valence-corrected chi connectivity index (χ0v) is 9.56. The zero-order chi connectivity index (χ0) is 12.8. The van der Waals surface area contributed by atoms with E-state index in [2.05, 4.69) is 20.0 Å². The van der Waals surface area contributed by atoms with Crippen LogP contribution in [0.3, 0.4) is 0 Å². The second kappa shape index (κ2) is 5.88. The summed E-state index contributed by atoms with van der Waals surface area (Å²) in [6.45, 7) is 2.42. The molecular weight excluding hydrogens is 228 g/mol. The topological polar surface area (TPSA) is 94.4 Å². The Morgan fingerprint density at radius 1 is 0.941 bits per heavy atom. The fraction of sp³-hybridized carbons (Fsp3) is 0.500. The predicted octanol–water partition coefficient (Wildman–Crippen LogP) is 0.578. The molecule has 0 unspecified atom stereocenters. The van der Waals surface area contributed by atoms with Crippen molar-refractivity contribution in [2.75, 3.05) is 0 Å². The summed E-state index contributed by atoms with van der Waals surface area (Å²) in [5.74, 6) is -1.24. The van der Waals surface area contributed by atoms with Crippen molar-refractivity contribution in [2.24, 2.45) is 10.3 Å². The van der Waals surface area contributed by atoms with Gasteiger partial charge in [0.2, 0.25) is 0 Å². The van der Waals surface area contributed by atoms with E-state index in [1.807, 2.05) is 0 Å². The normalized spacial score (nSPS) is 20.5. The van der Waals surface area contributed by atoms with Crippen molar-refractivity contribution < 1.29 is 24.1 Å². The molecule has 0 aliphatic heterocycles. The van der Waals surface area contributed by atoms with Crippen molar-refractivity contribution >= 4 is 29.1 Å². The van der Waals surface area contributed by atoms with Gasteiger partial charge in [-0.2, -0.15) is 0 Å². The summed E-state index contributed by atoms with van der Waals surface area (Å²) in [6.07, 6.45) is 0.491. The van der Waals surface area contributed by atoms with E-state index in [1.54, 1.807) is 0 Å². The molecule has 7 nitrogen and oxygen atoms in total. The molecule has 0 spiro atoms. The SMILES string of the molecule is CC(=O)ON=C1CC(=O)CC(=NOC(C)=O)C1. The lowest BCUT2D eigenvalue weighted by atomic mass is 9.95. The van der Waals surface area contributed by atoms with Crippen LogP contribution < -0.4 is 0 Å². The van der Waals surface area contributed by atoms with Crippen molar-refractivity contribution in [2.45, 2.75) is 33.1 Å². The molecule has 1 saturated carbocycles. The van der Waals surface area contributed by atoms with E-state index in [-0.39, 0.29) is 25.0 Å². The van der Waals surface area contributed by atoms with Crippen molar-refractivity contribution in [3.05, 3.63) is 0 Å². The van der Waals surface area contributed by atoms with Gasteiger partial charge in [-0.05, 0) is 0 Å². The molecule has 1 aliphatic carbocycles. The van der Waals surface area contributed by atoms with Gasteiger partial charge in [0.25, 0.3) is 0 Å². The van der Waals surface area contributed by atoms with Gasteiger partial charge in [0, 0.05) is 33.1 Å². The van der Waals surface area contributed by atoms with E-state index in [9.17, 15) is 14.4 Å². The number of carbonyl (C=O) groups excluding carboxylic acids is 3. The first kappa shape index (κ1) is 13.0. The van der Waals surface area contributed by atoms with Crippen LogP contribution in [0.25, 0.3) is 0 Å². The third-order valence-electron chi connectivity index (χ3n) is 1.82. The highest BCUT2D eigenvalue weighted by Crippen LogP contribution is 2.11. The lowest BCUT2D eigenvalue weighted by molar-refractivity contribution is -0.141. The zero-order valence-electron chi connectivity index (χ0n) is 9.56. The molecule has 0 aromatic carbocycles. The summed E-state index contributed by atoms with van der Waals surface area (Å²) >= 11 is 0. The molecule has 1 aliphatic rings. The lowest BCUT2D eigenvalue weighted by Crippen LogP contribution is -2.23. The van der Waals surface area contributed by atoms with Crippen molar-refractivity contribution in [3.63, 3.8) is 0 Å². The molecular formula is C10H12N2O5. The van der Waals surface area contributed by atoms with Crippen LogP contribution in [0.1, 0.15) is 33.1 Å². The quantitative estimate of drug-likeness (QED) is 0.519. The molecule has 0 N–H and O–H groups in total. The van der Waals surface area contributed by atoms with E-state index in [4.69, 9.17) is 0 Å². The van der Waals surface area contributed by atoms with Gasteiger partial charge in [0.1, 0.15) is 5.78 Å². The number of Topliss-reactive ketones (excluding diaryl/α,β-unsaturated/α-hetero) is 1. The summed E-state index contributed by atoms with van der Waals surface area (Å²) in [5, 5.41) is 7.07. The van der Waals surface area contributed by atoms with E-state index in [0.29, 0.717) is 11.4 Å². The van der Waals surface area contributed by atoms with Gasteiger partial charge in [-0.15, -0.1) is 0 Å². The van der Waals surface area contributed by atoms with Gasteiger partial charge >= 0.3 is 11.9 Å². The summed E-state index contributed by atoms with van der Waals surface area (Å²) < 4.78 is 0. The third kappa shape index (κ3) is 5.01. The van der Waals surface area contributed by atoms with E-state index >= 15 is 0 Å². The highest BCUT2D eigenvalue weighted by molar-refractivity contribution is 6.21. The van der Waals surface area contributed by atoms with Crippen molar-refractivity contribution in [1.29, 1.82) is 0 Å². The van der Waals surface area contributed by atoms with Crippen LogP contribution in [0.4, 0.5) is 0 Å². The van der Waals surface area contributed by atoms with Crippen LogP contribution in [0.15, 0.2) is 10.3 Å². The minimum atomic E-state index is -0.561. The van der Waals surface area contributed by atoms with Crippen LogP contribution in [0.2, 0.25) is 0 Å². The van der Waals surface area contributed by atoms with Gasteiger partial charge in [0.05, 0.1) is 11.4 Å². The number of rotatable bonds is 2. The molecule has 0 radical (unpaired) electrons. The number of carbonyl (C=O) groups is 3. The Morgan fingerprint density at radius 3 is 1.71 bits per heavy atom. The van der Waals surface area contributed by atoms with Gasteiger partial charge in [-0.25, -0.2) is 9.59 Å². The molecule has 1 fully saturated rings. The number of ketones is 1. The van der Waals surface area contributed by atoms with Gasteiger partial charge in [-0.3, -0.25) is 4.79 Å². The van der Waals surface area contributed by atoms with Crippen LogP contribution in [0.5, 0.6) is 0 Å². The average Bonchev–Trinajstić information content (AvgIpc) is 2.23. The Morgan fingerprint density at radius 2 is 1.35 bits per heavy atom. The Hall–Kier alpha value is -2.05. The van der Waals surface area contributed by atoms with Crippen LogP contribution >= 0.6 is 0 Å². The fourth-order valence-corrected chi connectivity index (χ4v) is 1.26. The first-order valence-corrected chi connectivity index (χ1v) is 4.95. The molecule has 92 valence electrons. The molecule has 0 saturated heterocycles. The summed E-state index contributed by atoms with van der Waals surface area (Å²) in [4.78, 5) is 41.3. The van der Waals surface area contributed by atoms with Crippen LogP contribution in [-0.4, -0.2) is 29.1 Å². The maximum absolute atomic E-state index is 11.3. The second-order valence-electron chi connectivity index (χ2n) is 3.55. The number of hydrogen-bond donors (Lipinski definition) is 0. The van der Waals surface area contributed by atoms with E-state index in [0.717, 1.165) is 0 Å². The molecule has 17 heavy (non-hydrogen) atoms. The summed E-state index contributed by atoms with van der Waals surface area (Å²) in [5.41, 5.74) is 0.782.